The molecule has 0 aromatic heterocycles. The first-order valence-electron chi connectivity index (χ1n) is 6.86. The van der Waals surface area contributed by atoms with Gasteiger partial charge >= 0.3 is 0 Å². The van der Waals surface area contributed by atoms with Crippen LogP contribution in [-0.4, -0.2) is 17.4 Å². The molecule has 2 aromatic rings. The molecule has 0 aliphatic carbocycles. The van der Waals surface area contributed by atoms with Crippen LogP contribution < -0.4 is 10.6 Å². The molecule has 0 fully saturated rings. The van der Waals surface area contributed by atoms with Crippen molar-refractivity contribution >= 4 is 69.6 Å². The molecule has 23 heavy (non-hydrogen) atoms. The number of rotatable bonds is 6. The molecule has 0 atom stereocenters. The van der Waals surface area contributed by atoms with Crippen LogP contribution in [0.1, 0.15) is 5.56 Å². The molecule has 2 nitrogen and oxygen atoms in total. The first-order valence-corrected chi connectivity index (χ1v) is 9.56. The largest absolute Gasteiger partial charge is 0.362 e. The third-order valence-electron chi connectivity index (χ3n) is 2.89. The van der Waals surface area contributed by atoms with E-state index >= 15 is 0 Å². The highest BCUT2D eigenvalue weighted by Gasteiger charge is 2.02. The number of anilines is 1. The van der Waals surface area contributed by atoms with Gasteiger partial charge in [-0.25, -0.2) is 0 Å². The fourth-order valence-corrected chi connectivity index (χ4v) is 3.63. The summed E-state index contributed by atoms with van der Waals surface area (Å²) in [5.74, 6) is 1.75. The van der Waals surface area contributed by atoms with Crippen molar-refractivity contribution in [2.45, 2.75) is 5.75 Å². The van der Waals surface area contributed by atoms with Gasteiger partial charge in [0.15, 0.2) is 5.11 Å². The Morgan fingerprint density at radius 3 is 2.57 bits per heavy atom. The van der Waals surface area contributed by atoms with Crippen LogP contribution in [0.4, 0.5) is 5.69 Å². The first kappa shape index (κ1) is 18.7. The predicted molar refractivity (Wildman–Crippen MR) is 108 cm³/mol. The standard InChI is InChI=1S/C16H15Cl3N2S2/c17-12-2-1-3-14(8-12)21-16(22)20-6-7-23-10-11-4-5-13(18)9-15(11)19/h1-5,8-9H,6-7,10H2,(H2,20,21,22). The van der Waals surface area contributed by atoms with Gasteiger partial charge in [-0.1, -0.05) is 46.9 Å². The van der Waals surface area contributed by atoms with Gasteiger partial charge in [-0.15, -0.1) is 0 Å². The average Bonchev–Trinajstić information content (AvgIpc) is 2.49. The number of nitrogens with one attached hydrogen (secondary N) is 2. The summed E-state index contributed by atoms with van der Waals surface area (Å²) in [4.78, 5) is 0. The Bertz CT molecular complexity index is 680. The van der Waals surface area contributed by atoms with Gasteiger partial charge in [0.1, 0.15) is 0 Å². The van der Waals surface area contributed by atoms with Crippen molar-refractivity contribution in [2.24, 2.45) is 0 Å². The van der Waals surface area contributed by atoms with Crippen molar-refractivity contribution < 1.29 is 0 Å². The summed E-state index contributed by atoms with van der Waals surface area (Å²) < 4.78 is 0. The van der Waals surface area contributed by atoms with E-state index in [1.807, 2.05) is 36.4 Å². The minimum Gasteiger partial charge on any atom is -0.362 e. The van der Waals surface area contributed by atoms with Crippen LogP contribution in [0.3, 0.4) is 0 Å². The van der Waals surface area contributed by atoms with E-state index in [4.69, 9.17) is 47.0 Å². The van der Waals surface area contributed by atoms with Gasteiger partial charge in [0, 0.05) is 38.8 Å². The van der Waals surface area contributed by atoms with Crippen molar-refractivity contribution in [2.75, 3.05) is 17.6 Å². The normalized spacial score (nSPS) is 10.4. The molecule has 122 valence electrons. The van der Waals surface area contributed by atoms with Gasteiger partial charge in [-0.3, -0.25) is 0 Å². The van der Waals surface area contributed by atoms with E-state index in [0.29, 0.717) is 20.2 Å². The highest BCUT2D eigenvalue weighted by molar-refractivity contribution is 7.98. The van der Waals surface area contributed by atoms with E-state index in [9.17, 15) is 0 Å². The number of thiocarbonyl (C=S) groups is 1. The summed E-state index contributed by atoms with van der Waals surface area (Å²) in [6.07, 6.45) is 0. The second-order valence-corrected chi connectivity index (χ2v) is 7.47. The summed E-state index contributed by atoms with van der Waals surface area (Å²) in [5.41, 5.74) is 1.95. The SMILES string of the molecule is S=C(NCCSCc1ccc(Cl)cc1Cl)Nc1cccc(Cl)c1. The van der Waals surface area contributed by atoms with Gasteiger partial charge in [0.25, 0.3) is 0 Å². The average molecular weight is 406 g/mol. The maximum absolute atomic E-state index is 6.14. The third-order valence-corrected chi connectivity index (χ3v) is 4.96. The zero-order valence-electron chi connectivity index (χ0n) is 12.1. The number of thioether (sulfide) groups is 1. The second kappa shape index (κ2) is 9.60. The molecule has 0 aliphatic heterocycles. The molecule has 0 saturated heterocycles. The van der Waals surface area contributed by atoms with E-state index in [1.54, 1.807) is 17.8 Å². The van der Waals surface area contributed by atoms with E-state index in [-0.39, 0.29) is 0 Å². The van der Waals surface area contributed by atoms with E-state index < -0.39 is 0 Å². The molecule has 2 N–H and O–H groups in total. The first-order chi connectivity index (χ1) is 11.0. The van der Waals surface area contributed by atoms with Gasteiger partial charge in [-0.05, 0) is 48.1 Å². The quantitative estimate of drug-likeness (QED) is 0.464. The summed E-state index contributed by atoms with van der Waals surface area (Å²) in [6.45, 7) is 0.766. The van der Waals surface area contributed by atoms with Crippen LogP contribution in [0.5, 0.6) is 0 Å². The van der Waals surface area contributed by atoms with E-state index in [1.165, 1.54) is 0 Å². The molecular formula is C16H15Cl3N2S2. The molecule has 0 unspecified atom stereocenters. The molecule has 2 aromatic carbocycles. The van der Waals surface area contributed by atoms with Crippen LogP contribution in [0.2, 0.25) is 15.1 Å². The maximum atomic E-state index is 6.14. The van der Waals surface area contributed by atoms with Crippen LogP contribution >= 0.6 is 58.8 Å². The third kappa shape index (κ3) is 6.77. The zero-order chi connectivity index (χ0) is 16.7. The van der Waals surface area contributed by atoms with Crippen molar-refractivity contribution in [3.8, 4) is 0 Å². The Kier molecular flexibility index (Phi) is 7.80. The number of halogens is 3. The Hall–Kier alpha value is -0.650. The molecule has 0 bridgehead atoms. The van der Waals surface area contributed by atoms with Crippen LogP contribution in [0.15, 0.2) is 42.5 Å². The monoisotopic (exact) mass is 404 g/mol. The van der Waals surface area contributed by atoms with Crippen molar-refractivity contribution in [3.05, 3.63) is 63.1 Å². The van der Waals surface area contributed by atoms with E-state index in [2.05, 4.69) is 10.6 Å². The second-order valence-electron chi connectivity index (χ2n) is 4.68. The van der Waals surface area contributed by atoms with Crippen molar-refractivity contribution in [1.29, 1.82) is 0 Å². The molecule has 0 amide bonds. The lowest BCUT2D eigenvalue weighted by Crippen LogP contribution is -2.30. The van der Waals surface area contributed by atoms with Crippen LogP contribution in [0.25, 0.3) is 0 Å². The van der Waals surface area contributed by atoms with Crippen LogP contribution in [-0.2, 0) is 5.75 Å². The van der Waals surface area contributed by atoms with Gasteiger partial charge in [-0.2, -0.15) is 11.8 Å². The molecule has 0 aliphatic rings. The minimum atomic E-state index is 0.581. The van der Waals surface area contributed by atoms with Crippen LogP contribution in [0, 0.1) is 0 Å². The fraction of sp³-hybridized carbons (Fsp3) is 0.188. The number of hydrogen-bond donors (Lipinski definition) is 2. The Morgan fingerprint density at radius 2 is 1.83 bits per heavy atom. The Labute approximate surface area is 160 Å². The van der Waals surface area contributed by atoms with E-state index in [0.717, 1.165) is 29.3 Å². The van der Waals surface area contributed by atoms with Crippen molar-refractivity contribution in [1.82, 2.24) is 5.32 Å². The molecule has 7 heteroatoms. The number of benzene rings is 2. The molecular weight excluding hydrogens is 391 g/mol. The lowest BCUT2D eigenvalue weighted by atomic mass is 10.2. The lowest BCUT2D eigenvalue weighted by Gasteiger charge is -2.11. The molecule has 0 heterocycles. The fourth-order valence-electron chi connectivity index (χ4n) is 1.80. The molecule has 2 rings (SSSR count). The topological polar surface area (TPSA) is 24.1 Å². The smallest absolute Gasteiger partial charge is 0.170 e. The summed E-state index contributed by atoms with van der Waals surface area (Å²) in [7, 11) is 0. The summed E-state index contributed by atoms with van der Waals surface area (Å²) >= 11 is 25.0. The van der Waals surface area contributed by atoms with Gasteiger partial charge in [0.2, 0.25) is 0 Å². The van der Waals surface area contributed by atoms with Gasteiger partial charge in [0.05, 0.1) is 0 Å². The Morgan fingerprint density at radius 1 is 1.04 bits per heavy atom. The Balaban J connectivity index is 1.66. The lowest BCUT2D eigenvalue weighted by molar-refractivity contribution is 0.990. The highest BCUT2D eigenvalue weighted by atomic mass is 35.5. The predicted octanol–water partition coefficient (Wildman–Crippen LogP) is 5.87. The molecule has 0 radical (unpaired) electrons. The maximum Gasteiger partial charge on any atom is 0.170 e. The van der Waals surface area contributed by atoms with Crippen molar-refractivity contribution in [3.63, 3.8) is 0 Å². The highest BCUT2D eigenvalue weighted by Crippen LogP contribution is 2.24. The summed E-state index contributed by atoms with van der Waals surface area (Å²) in [6, 6.07) is 13.0. The number of hydrogen-bond acceptors (Lipinski definition) is 2. The molecule has 0 spiro atoms. The van der Waals surface area contributed by atoms with Gasteiger partial charge < -0.3 is 10.6 Å². The molecule has 0 saturated carbocycles. The summed E-state index contributed by atoms with van der Waals surface area (Å²) in [5, 5.41) is 8.88. The zero-order valence-corrected chi connectivity index (χ0v) is 16.0. The minimum absolute atomic E-state index is 0.581.